The Morgan fingerprint density at radius 1 is 1.15 bits per heavy atom. The van der Waals surface area contributed by atoms with Crippen LogP contribution in [0.5, 0.6) is 11.6 Å². The van der Waals surface area contributed by atoms with Crippen molar-refractivity contribution < 1.29 is 9.47 Å². The van der Waals surface area contributed by atoms with Gasteiger partial charge in [0.05, 0.1) is 5.56 Å². The van der Waals surface area contributed by atoms with Crippen LogP contribution in [0.2, 0.25) is 0 Å². The van der Waals surface area contributed by atoms with Gasteiger partial charge in [0.2, 0.25) is 5.88 Å². The quantitative estimate of drug-likeness (QED) is 0.479. The molecule has 0 bridgehead atoms. The number of amidine groups is 1. The van der Waals surface area contributed by atoms with E-state index in [1.807, 2.05) is 37.3 Å². The SMILES string of the molecule is Cc1ccnc(OCCOc2ccccc2)c1C(=N)N. The molecule has 3 N–H and O–H groups in total. The van der Waals surface area contributed by atoms with Crippen LogP contribution in [0.3, 0.4) is 0 Å². The van der Waals surface area contributed by atoms with E-state index in [9.17, 15) is 0 Å². The van der Waals surface area contributed by atoms with E-state index in [2.05, 4.69) is 4.98 Å². The number of rotatable bonds is 6. The fourth-order valence-electron chi connectivity index (χ4n) is 1.78. The number of hydrogen-bond acceptors (Lipinski definition) is 4. The second kappa shape index (κ2) is 6.56. The summed E-state index contributed by atoms with van der Waals surface area (Å²) in [4.78, 5) is 4.11. The molecule has 0 aliphatic carbocycles. The van der Waals surface area contributed by atoms with Gasteiger partial charge < -0.3 is 15.2 Å². The van der Waals surface area contributed by atoms with Crippen LogP contribution in [0, 0.1) is 12.3 Å². The van der Waals surface area contributed by atoms with Crippen molar-refractivity contribution in [3.63, 3.8) is 0 Å². The number of nitrogen functional groups attached to an aromatic ring is 1. The summed E-state index contributed by atoms with van der Waals surface area (Å²) in [5.74, 6) is 1.11. The zero-order valence-corrected chi connectivity index (χ0v) is 11.3. The first kappa shape index (κ1) is 13.9. The topological polar surface area (TPSA) is 81.2 Å². The Bertz CT molecular complexity index is 585. The van der Waals surface area contributed by atoms with Crippen LogP contribution in [0.4, 0.5) is 0 Å². The Morgan fingerprint density at radius 2 is 1.85 bits per heavy atom. The van der Waals surface area contributed by atoms with Crippen molar-refractivity contribution in [2.75, 3.05) is 13.2 Å². The van der Waals surface area contributed by atoms with Gasteiger partial charge >= 0.3 is 0 Å². The van der Waals surface area contributed by atoms with Crippen molar-refractivity contribution in [3.8, 4) is 11.6 Å². The minimum absolute atomic E-state index is 0.0467. The molecule has 5 heteroatoms. The highest BCUT2D eigenvalue weighted by molar-refractivity contribution is 5.98. The Kier molecular flexibility index (Phi) is 4.55. The summed E-state index contributed by atoms with van der Waals surface area (Å²) in [5, 5.41) is 7.56. The van der Waals surface area contributed by atoms with Crippen LogP contribution >= 0.6 is 0 Å². The van der Waals surface area contributed by atoms with Crippen molar-refractivity contribution in [2.24, 2.45) is 5.73 Å². The number of pyridine rings is 1. The Labute approximate surface area is 117 Å². The van der Waals surface area contributed by atoms with Crippen LogP contribution in [0.15, 0.2) is 42.6 Å². The molecule has 0 radical (unpaired) electrons. The highest BCUT2D eigenvalue weighted by Gasteiger charge is 2.11. The number of aromatic nitrogens is 1. The summed E-state index contributed by atoms with van der Waals surface area (Å²) in [6.07, 6.45) is 1.63. The minimum atomic E-state index is -0.0467. The van der Waals surface area contributed by atoms with Crippen LogP contribution in [0.25, 0.3) is 0 Å². The molecule has 0 unspecified atom stereocenters. The van der Waals surface area contributed by atoms with E-state index in [-0.39, 0.29) is 5.84 Å². The van der Waals surface area contributed by atoms with Gasteiger partial charge in [0.25, 0.3) is 0 Å². The summed E-state index contributed by atoms with van der Waals surface area (Å²) in [6, 6.07) is 11.3. The number of benzene rings is 1. The minimum Gasteiger partial charge on any atom is -0.490 e. The molecular weight excluding hydrogens is 254 g/mol. The molecule has 5 nitrogen and oxygen atoms in total. The number of nitrogens with zero attached hydrogens (tertiary/aromatic N) is 1. The first-order valence-corrected chi connectivity index (χ1v) is 6.29. The zero-order valence-electron chi connectivity index (χ0n) is 11.3. The second-order valence-electron chi connectivity index (χ2n) is 4.23. The maximum absolute atomic E-state index is 7.56. The first-order valence-electron chi connectivity index (χ1n) is 6.29. The van der Waals surface area contributed by atoms with Crippen LogP contribution < -0.4 is 15.2 Å². The molecule has 0 atom stereocenters. The number of ether oxygens (including phenoxy) is 2. The molecular formula is C15H17N3O2. The summed E-state index contributed by atoms with van der Waals surface area (Å²) < 4.78 is 11.1. The zero-order chi connectivity index (χ0) is 14.4. The average Bonchev–Trinajstić information content (AvgIpc) is 2.44. The van der Waals surface area contributed by atoms with Crippen molar-refractivity contribution in [1.82, 2.24) is 4.98 Å². The average molecular weight is 271 g/mol. The van der Waals surface area contributed by atoms with Gasteiger partial charge in [0.15, 0.2) is 0 Å². The maximum atomic E-state index is 7.56. The van der Waals surface area contributed by atoms with Gasteiger partial charge in [0, 0.05) is 6.20 Å². The van der Waals surface area contributed by atoms with Crippen LogP contribution in [-0.4, -0.2) is 24.0 Å². The largest absolute Gasteiger partial charge is 0.490 e. The Balaban J connectivity index is 1.92. The van der Waals surface area contributed by atoms with Crippen molar-refractivity contribution in [2.45, 2.75) is 6.92 Å². The van der Waals surface area contributed by atoms with E-state index in [1.54, 1.807) is 12.3 Å². The molecule has 0 spiro atoms. The fourth-order valence-corrected chi connectivity index (χ4v) is 1.78. The lowest BCUT2D eigenvalue weighted by Crippen LogP contribution is -2.17. The molecule has 2 rings (SSSR count). The fraction of sp³-hybridized carbons (Fsp3) is 0.200. The van der Waals surface area contributed by atoms with Gasteiger partial charge in [-0.05, 0) is 30.7 Å². The summed E-state index contributed by atoms with van der Waals surface area (Å²) >= 11 is 0. The number of aryl methyl sites for hydroxylation is 1. The lowest BCUT2D eigenvalue weighted by atomic mass is 10.1. The third-order valence-corrected chi connectivity index (χ3v) is 2.73. The predicted molar refractivity (Wildman–Crippen MR) is 77.4 cm³/mol. The van der Waals surface area contributed by atoms with E-state index in [1.165, 1.54) is 0 Å². The van der Waals surface area contributed by atoms with Gasteiger partial charge in [-0.2, -0.15) is 0 Å². The van der Waals surface area contributed by atoms with E-state index in [4.69, 9.17) is 20.6 Å². The van der Waals surface area contributed by atoms with Crippen LogP contribution in [-0.2, 0) is 0 Å². The van der Waals surface area contributed by atoms with Crippen LogP contribution in [0.1, 0.15) is 11.1 Å². The second-order valence-corrected chi connectivity index (χ2v) is 4.23. The number of para-hydroxylation sites is 1. The number of hydrogen-bond donors (Lipinski definition) is 2. The molecule has 0 aliphatic rings. The van der Waals surface area contributed by atoms with Gasteiger partial charge in [-0.1, -0.05) is 18.2 Å². The smallest absolute Gasteiger partial charge is 0.224 e. The number of nitrogens with one attached hydrogen (secondary N) is 1. The molecule has 1 heterocycles. The molecule has 1 aromatic heterocycles. The van der Waals surface area contributed by atoms with E-state index >= 15 is 0 Å². The lowest BCUT2D eigenvalue weighted by Gasteiger charge is -2.12. The number of nitrogens with two attached hydrogens (primary N) is 1. The van der Waals surface area contributed by atoms with Crippen molar-refractivity contribution >= 4 is 5.84 Å². The monoisotopic (exact) mass is 271 g/mol. The summed E-state index contributed by atoms with van der Waals surface area (Å²) in [6.45, 7) is 2.61. The van der Waals surface area contributed by atoms with E-state index < -0.39 is 0 Å². The molecule has 0 amide bonds. The summed E-state index contributed by atoms with van der Waals surface area (Å²) in [7, 11) is 0. The van der Waals surface area contributed by atoms with Crippen molar-refractivity contribution in [1.29, 1.82) is 5.41 Å². The molecule has 0 saturated heterocycles. The molecule has 20 heavy (non-hydrogen) atoms. The molecule has 0 fully saturated rings. The third kappa shape index (κ3) is 3.47. The standard InChI is InChI=1S/C15H17N3O2/c1-11-7-8-18-15(13(11)14(16)17)20-10-9-19-12-5-3-2-4-6-12/h2-8H,9-10H2,1H3,(H3,16,17). The highest BCUT2D eigenvalue weighted by Crippen LogP contribution is 2.18. The van der Waals surface area contributed by atoms with Gasteiger partial charge in [-0.25, -0.2) is 4.98 Å². The van der Waals surface area contributed by atoms with Gasteiger partial charge in [-0.15, -0.1) is 0 Å². The third-order valence-electron chi connectivity index (χ3n) is 2.73. The molecule has 104 valence electrons. The molecule has 1 aromatic carbocycles. The Hall–Kier alpha value is -2.56. The molecule has 0 saturated carbocycles. The highest BCUT2D eigenvalue weighted by atomic mass is 16.5. The van der Waals surface area contributed by atoms with Gasteiger partial charge in [-0.3, -0.25) is 5.41 Å². The summed E-state index contributed by atoms with van der Waals surface area (Å²) in [5.41, 5.74) is 6.94. The molecule has 0 aliphatic heterocycles. The van der Waals surface area contributed by atoms with E-state index in [0.29, 0.717) is 24.7 Å². The lowest BCUT2D eigenvalue weighted by molar-refractivity contribution is 0.211. The Morgan fingerprint density at radius 3 is 2.55 bits per heavy atom. The predicted octanol–water partition coefficient (Wildman–Crippen LogP) is 2.13. The normalized spacial score (nSPS) is 10.1. The van der Waals surface area contributed by atoms with E-state index in [0.717, 1.165) is 11.3 Å². The first-order chi connectivity index (χ1) is 9.68. The van der Waals surface area contributed by atoms with Gasteiger partial charge in [0.1, 0.15) is 24.8 Å². The van der Waals surface area contributed by atoms with Crippen molar-refractivity contribution in [3.05, 3.63) is 53.7 Å². The molecule has 2 aromatic rings. The maximum Gasteiger partial charge on any atom is 0.224 e.